The Bertz CT molecular complexity index is 1120. The molecule has 3 N–H and O–H groups in total. The van der Waals surface area contributed by atoms with Gasteiger partial charge in [0.05, 0.1) is 26.0 Å². The molecule has 0 bridgehead atoms. The van der Waals surface area contributed by atoms with E-state index >= 15 is 0 Å². The second kappa shape index (κ2) is 9.53. The number of fused-ring (bicyclic) bond motifs is 1. The molecule has 4 rings (SSSR count). The fourth-order valence-corrected chi connectivity index (χ4v) is 3.79. The molecule has 6 nitrogen and oxygen atoms in total. The third-order valence-corrected chi connectivity index (χ3v) is 5.56. The van der Waals surface area contributed by atoms with Crippen LogP contribution < -0.4 is 15.4 Å². The van der Waals surface area contributed by atoms with Crippen LogP contribution in [0.2, 0.25) is 0 Å². The summed E-state index contributed by atoms with van der Waals surface area (Å²) in [6.07, 6.45) is 3.66. The Labute approximate surface area is 181 Å². The number of carbonyl (C=O) groups is 1. The first-order valence-electron chi connectivity index (χ1n) is 10.4. The smallest absolute Gasteiger partial charge is 0.234 e. The van der Waals surface area contributed by atoms with Crippen molar-refractivity contribution in [2.45, 2.75) is 18.9 Å². The van der Waals surface area contributed by atoms with Crippen LogP contribution in [0.3, 0.4) is 0 Å². The molecule has 2 aromatic carbocycles. The summed E-state index contributed by atoms with van der Waals surface area (Å²) in [5.41, 5.74) is 3.34. The Morgan fingerprint density at radius 2 is 1.90 bits per heavy atom. The average Bonchev–Trinajstić information content (AvgIpc) is 3.49. The maximum Gasteiger partial charge on any atom is 0.234 e. The highest BCUT2D eigenvalue weighted by molar-refractivity contribution is 5.84. The van der Waals surface area contributed by atoms with E-state index in [1.54, 1.807) is 13.4 Å². The number of amides is 1. The summed E-state index contributed by atoms with van der Waals surface area (Å²) in [6.45, 7) is 2.67. The van der Waals surface area contributed by atoms with E-state index < -0.39 is 0 Å². The van der Waals surface area contributed by atoms with E-state index in [1.807, 2.05) is 49.5 Å². The van der Waals surface area contributed by atoms with Crippen molar-refractivity contribution < 1.29 is 13.9 Å². The molecule has 2 aromatic heterocycles. The van der Waals surface area contributed by atoms with E-state index in [0.717, 1.165) is 33.5 Å². The summed E-state index contributed by atoms with van der Waals surface area (Å²) in [7, 11) is 1.66. The minimum absolute atomic E-state index is 0.00787. The highest BCUT2D eigenvalue weighted by Gasteiger charge is 2.19. The van der Waals surface area contributed by atoms with Crippen LogP contribution in [0.1, 0.15) is 35.8 Å². The Balaban J connectivity index is 1.48. The number of para-hydroxylation sites is 1. The van der Waals surface area contributed by atoms with E-state index in [2.05, 4.69) is 39.9 Å². The van der Waals surface area contributed by atoms with Gasteiger partial charge in [-0.2, -0.15) is 0 Å². The highest BCUT2D eigenvalue weighted by atomic mass is 16.5. The molecule has 2 heterocycles. The number of benzene rings is 2. The molecule has 1 amide bonds. The molecular formula is C25H27N3O3. The number of methoxy groups -OCH3 is 1. The number of H-pyrrole nitrogens is 1. The largest absolute Gasteiger partial charge is 0.497 e. The zero-order valence-corrected chi connectivity index (χ0v) is 17.7. The van der Waals surface area contributed by atoms with Crippen LogP contribution in [-0.2, 0) is 4.79 Å². The predicted molar refractivity (Wildman–Crippen MR) is 121 cm³/mol. The SMILES string of the molecule is COc1ccc([C@@H](CNC(=O)CN[C@@H](C)c2ccco2)c2c[nH]c3ccccc23)cc1. The predicted octanol–water partition coefficient (Wildman–Crippen LogP) is 4.37. The normalized spacial score (nSPS) is 13.1. The molecule has 31 heavy (non-hydrogen) atoms. The van der Waals surface area contributed by atoms with Crippen molar-refractivity contribution in [3.63, 3.8) is 0 Å². The van der Waals surface area contributed by atoms with Gasteiger partial charge in [-0.15, -0.1) is 0 Å². The number of furan rings is 1. The van der Waals surface area contributed by atoms with Gasteiger partial charge in [0.1, 0.15) is 11.5 Å². The Morgan fingerprint density at radius 1 is 1.10 bits per heavy atom. The summed E-state index contributed by atoms with van der Waals surface area (Å²) in [5, 5.41) is 7.44. The molecule has 0 saturated heterocycles. The van der Waals surface area contributed by atoms with Crippen LogP contribution in [-0.4, -0.2) is 31.1 Å². The summed E-state index contributed by atoms with van der Waals surface area (Å²) < 4.78 is 10.7. The lowest BCUT2D eigenvalue weighted by Gasteiger charge is -2.19. The average molecular weight is 418 g/mol. The zero-order valence-electron chi connectivity index (χ0n) is 17.7. The van der Waals surface area contributed by atoms with E-state index in [0.29, 0.717) is 6.54 Å². The number of aromatic nitrogens is 1. The Hall–Kier alpha value is -3.51. The number of aromatic amines is 1. The van der Waals surface area contributed by atoms with Crippen LogP contribution in [0.15, 0.2) is 77.5 Å². The third kappa shape index (κ3) is 4.81. The lowest BCUT2D eigenvalue weighted by molar-refractivity contribution is -0.120. The standard InChI is InChI=1S/C25H27N3O3/c1-17(24-8-5-13-31-24)26-16-25(29)28-14-21(18-9-11-19(30-2)12-10-18)22-15-27-23-7-4-3-6-20(22)23/h3-13,15,17,21,26-27H,14,16H2,1-2H3,(H,28,29)/t17-,21+/m0/s1. The van der Waals surface area contributed by atoms with Crippen LogP contribution in [0, 0.1) is 0 Å². The highest BCUT2D eigenvalue weighted by Crippen LogP contribution is 2.31. The lowest BCUT2D eigenvalue weighted by Crippen LogP contribution is -2.37. The molecule has 0 unspecified atom stereocenters. The third-order valence-electron chi connectivity index (χ3n) is 5.56. The van der Waals surface area contributed by atoms with Crippen molar-refractivity contribution in [2.24, 2.45) is 0 Å². The molecule has 0 aliphatic rings. The van der Waals surface area contributed by atoms with E-state index in [4.69, 9.17) is 9.15 Å². The van der Waals surface area contributed by atoms with E-state index in [1.165, 1.54) is 0 Å². The van der Waals surface area contributed by atoms with Crippen LogP contribution in [0.4, 0.5) is 0 Å². The fraction of sp³-hybridized carbons (Fsp3) is 0.240. The second-order valence-electron chi connectivity index (χ2n) is 7.54. The molecule has 160 valence electrons. The van der Waals surface area contributed by atoms with Gasteiger partial charge in [0.25, 0.3) is 0 Å². The minimum Gasteiger partial charge on any atom is -0.497 e. The maximum atomic E-state index is 12.6. The summed E-state index contributed by atoms with van der Waals surface area (Å²) >= 11 is 0. The number of nitrogens with one attached hydrogen (secondary N) is 3. The molecule has 0 aliphatic heterocycles. The molecule has 0 radical (unpaired) electrons. The molecule has 6 heteroatoms. The summed E-state index contributed by atoms with van der Waals surface area (Å²) in [5.74, 6) is 1.56. The van der Waals surface area contributed by atoms with Crippen molar-refractivity contribution in [2.75, 3.05) is 20.2 Å². The van der Waals surface area contributed by atoms with E-state index in [-0.39, 0.29) is 24.4 Å². The van der Waals surface area contributed by atoms with Gasteiger partial charge in [0, 0.05) is 29.6 Å². The molecule has 0 fully saturated rings. The van der Waals surface area contributed by atoms with Crippen molar-refractivity contribution in [3.05, 3.63) is 90.0 Å². The van der Waals surface area contributed by atoms with Gasteiger partial charge >= 0.3 is 0 Å². The molecular weight excluding hydrogens is 390 g/mol. The van der Waals surface area contributed by atoms with Gasteiger partial charge in [0.15, 0.2) is 0 Å². The number of carbonyl (C=O) groups excluding carboxylic acids is 1. The number of hydrogen-bond donors (Lipinski definition) is 3. The van der Waals surface area contributed by atoms with Crippen LogP contribution >= 0.6 is 0 Å². The second-order valence-corrected chi connectivity index (χ2v) is 7.54. The number of rotatable bonds is 9. The summed E-state index contributed by atoms with van der Waals surface area (Å²) in [6, 6.07) is 19.9. The number of ether oxygens (including phenoxy) is 1. The van der Waals surface area contributed by atoms with Crippen molar-refractivity contribution >= 4 is 16.8 Å². The molecule has 0 saturated carbocycles. The number of hydrogen-bond acceptors (Lipinski definition) is 4. The monoisotopic (exact) mass is 417 g/mol. The van der Waals surface area contributed by atoms with Crippen LogP contribution in [0.25, 0.3) is 10.9 Å². The van der Waals surface area contributed by atoms with Gasteiger partial charge in [-0.3, -0.25) is 10.1 Å². The topological polar surface area (TPSA) is 79.3 Å². The van der Waals surface area contributed by atoms with Gasteiger partial charge in [-0.05, 0) is 48.4 Å². The first kappa shape index (κ1) is 20.8. The first-order chi connectivity index (χ1) is 15.2. The summed E-state index contributed by atoms with van der Waals surface area (Å²) in [4.78, 5) is 15.9. The van der Waals surface area contributed by atoms with Crippen molar-refractivity contribution in [1.29, 1.82) is 0 Å². The van der Waals surface area contributed by atoms with Gasteiger partial charge in [0.2, 0.25) is 5.91 Å². The quantitative estimate of drug-likeness (QED) is 0.378. The van der Waals surface area contributed by atoms with Gasteiger partial charge in [-0.25, -0.2) is 0 Å². The lowest BCUT2D eigenvalue weighted by atomic mass is 9.91. The zero-order chi connectivity index (χ0) is 21.6. The van der Waals surface area contributed by atoms with Gasteiger partial charge in [-0.1, -0.05) is 30.3 Å². The van der Waals surface area contributed by atoms with Crippen molar-refractivity contribution in [1.82, 2.24) is 15.6 Å². The minimum atomic E-state index is -0.0586. The molecule has 0 aliphatic carbocycles. The maximum absolute atomic E-state index is 12.6. The van der Waals surface area contributed by atoms with Crippen LogP contribution in [0.5, 0.6) is 5.75 Å². The Morgan fingerprint density at radius 3 is 2.65 bits per heavy atom. The molecule has 2 atom stereocenters. The van der Waals surface area contributed by atoms with E-state index in [9.17, 15) is 4.79 Å². The first-order valence-corrected chi connectivity index (χ1v) is 10.4. The molecule has 4 aromatic rings. The van der Waals surface area contributed by atoms with Gasteiger partial charge < -0.3 is 19.5 Å². The van der Waals surface area contributed by atoms with Crippen molar-refractivity contribution in [3.8, 4) is 5.75 Å². The Kier molecular flexibility index (Phi) is 6.38. The molecule has 0 spiro atoms. The fourth-order valence-electron chi connectivity index (χ4n) is 3.79.